The van der Waals surface area contributed by atoms with E-state index in [2.05, 4.69) is 19.9 Å². The van der Waals surface area contributed by atoms with Crippen LogP contribution in [0.5, 0.6) is 0 Å². The summed E-state index contributed by atoms with van der Waals surface area (Å²) in [5.74, 6) is 1.39. The van der Waals surface area contributed by atoms with Crippen molar-refractivity contribution >= 4 is 5.82 Å². The lowest BCUT2D eigenvalue weighted by Crippen LogP contribution is -2.35. The Balaban J connectivity index is 1.71. The Morgan fingerprint density at radius 2 is 2.10 bits per heavy atom. The minimum absolute atomic E-state index is 0.329. The summed E-state index contributed by atoms with van der Waals surface area (Å²) in [5.41, 5.74) is 7.84. The first-order chi connectivity index (χ1) is 9.72. The molecule has 6 heteroatoms. The van der Waals surface area contributed by atoms with Crippen LogP contribution in [0.1, 0.15) is 30.1 Å². The summed E-state index contributed by atoms with van der Waals surface area (Å²) < 4.78 is 0. The SMILES string of the molecule is CN(Cc1cnccn1)c1cc(C2CC(N)C2)ncn1. The molecule has 0 unspecified atom stereocenters. The highest BCUT2D eigenvalue weighted by Crippen LogP contribution is 2.35. The number of aromatic nitrogens is 4. The zero-order chi connectivity index (χ0) is 13.9. The van der Waals surface area contributed by atoms with Crippen LogP contribution in [-0.4, -0.2) is 33.0 Å². The molecular formula is C14H18N6. The van der Waals surface area contributed by atoms with Crippen LogP contribution in [-0.2, 0) is 6.54 Å². The molecule has 0 radical (unpaired) electrons. The molecule has 2 heterocycles. The van der Waals surface area contributed by atoms with E-state index in [0.29, 0.717) is 18.5 Å². The molecule has 0 aliphatic heterocycles. The molecule has 3 rings (SSSR count). The van der Waals surface area contributed by atoms with Crippen LogP contribution in [0.3, 0.4) is 0 Å². The van der Waals surface area contributed by atoms with E-state index in [1.54, 1.807) is 24.9 Å². The minimum atomic E-state index is 0.329. The van der Waals surface area contributed by atoms with Crippen LogP contribution in [0.25, 0.3) is 0 Å². The third-order valence-corrected chi connectivity index (χ3v) is 3.67. The van der Waals surface area contributed by atoms with Crippen molar-refractivity contribution in [1.82, 2.24) is 19.9 Å². The first-order valence-electron chi connectivity index (χ1n) is 6.76. The molecule has 6 nitrogen and oxygen atoms in total. The Kier molecular flexibility index (Phi) is 3.56. The summed E-state index contributed by atoms with van der Waals surface area (Å²) in [6.07, 6.45) is 8.80. The molecule has 2 N–H and O–H groups in total. The molecule has 0 aromatic carbocycles. The highest BCUT2D eigenvalue weighted by Gasteiger charge is 2.28. The van der Waals surface area contributed by atoms with Gasteiger partial charge >= 0.3 is 0 Å². The largest absolute Gasteiger partial charge is 0.354 e. The van der Waals surface area contributed by atoms with Gasteiger partial charge in [-0.3, -0.25) is 9.97 Å². The molecule has 0 atom stereocenters. The Hall–Kier alpha value is -2.08. The second-order valence-corrected chi connectivity index (χ2v) is 5.28. The van der Waals surface area contributed by atoms with E-state index in [-0.39, 0.29) is 0 Å². The van der Waals surface area contributed by atoms with E-state index in [4.69, 9.17) is 5.73 Å². The molecule has 0 spiro atoms. The van der Waals surface area contributed by atoms with Crippen LogP contribution >= 0.6 is 0 Å². The van der Waals surface area contributed by atoms with Crippen molar-refractivity contribution in [3.63, 3.8) is 0 Å². The van der Waals surface area contributed by atoms with Crippen LogP contribution < -0.4 is 10.6 Å². The first-order valence-corrected chi connectivity index (χ1v) is 6.76. The number of nitrogens with two attached hydrogens (primary N) is 1. The van der Waals surface area contributed by atoms with E-state index in [1.807, 2.05) is 18.0 Å². The van der Waals surface area contributed by atoms with Crippen LogP contribution in [0.4, 0.5) is 5.82 Å². The highest BCUT2D eigenvalue weighted by molar-refractivity contribution is 5.39. The highest BCUT2D eigenvalue weighted by atomic mass is 15.2. The summed E-state index contributed by atoms with van der Waals surface area (Å²) in [5, 5.41) is 0. The van der Waals surface area contributed by atoms with Crippen LogP contribution in [0, 0.1) is 0 Å². The van der Waals surface area contributed by atoms with Gasteiger partial charge in [0.05, 0.1) is 18.4 Å². The van der Waals surface area contributed by atoms with Crippen LogP contribution in [0.2, 0.25) is 0 Å². The lowest BCUT2D eigenvalue weighted by molar-refractivity contribution is 0.345. The molecule has 1 saturated carbocycles. The maximum atomic E-state index is 5.84. The molecule has 1 fully saturated rings. The lowest BCUT2D eigenvalue weighted by Gasteiger charge is -2.32. The zero-order valence-electron chi connectivity index (χ0n) is 11.5. The Bertz CT molecular complexity index is 567. The van der Waals surface area contributed by atoms with E-state index in [1.165, 1.54) is 0 Å². The molecule has 104 valence electrons. The number of hydrogen-bond donors (Lipinski definition) is 1. The topological polar surface area (TPSA) is 80.8 Å². The summed E-state index contributed by atoms with van der Waals surface area (Å²) in [4.78, 5) is 19.1. The van der Waals surface area contributed by atoms with E-state index in [0.717, 1.165) is 30.0 Å². The standard InChI is InChI=1S/C14H18N6/c1-20(8-12-7-16-2-3-17-12)14-6-13(18-9-19-14)10-4-11(15)5-10/h2-3,6-7,9-11H,4-5,8,15H2,1H3. The lowest BCUT2D eigenvalue weighted by atomic mass is 9.78. The van der Waals surface area contributed by atoms with Crippen molar-refractivity contribution in [2.24, 2.45) is 5.73 Å². The number of rotatable bonds is 4. The molecule has 20 heavy (non-hydrogen) atoms. The van der Waals surface area contributed by atoms with Gasteiger partial charge < -0.3 is 10.6 Å². The van der Waals surface area contributed by atoms with Crippen molar-refractivity contribution in [3.8, 4) is 0 Å². The maximum Gasteiger partial charge on any atom is 0.132 e. The van der Waals surface area contributed by atoms with Crippen LogP contribution in [0.15, 0.2) is 31.0 Å². The second kappa shape index (κ2) is 5.50. The van der Waals surface area contributed by atoms with Gasteiger partial charge in [-0.05, 0) is 12.8 Å². The quantitative estimate of drug-likeness (QED) is 0.896. The van der Waals surface area contributed by atoms with Gasteiger partial charge in [0.25, 0.3) is 0 Å². The fourth-order valence-electron chi connectivity index (χ4n) is 2.43. The third kappa shape index (κ3) is 2.75. The molecule has 1 aliphatic rings. The fraction of sp³-hybridized carbons (Fsp3) is 0.429. The minimum Gasteiger partial charge on any atom is -0.354 e. The maximum absolute atomic E-state index is 5.84. The summed E-state index contributed by atoms with van der Waals surface area (Å²) >= 11 is 0. The van der Waals surface area contributed by atoms with Gasteiger partial charge in [-0.15, -0.1) is 0 Å². The van der Waals surface area contributed by atoms with Crippen molar-refractivity contribution < 1.29 is 0 Å². The number of anilines is 1. The van der Waals surface area contributed by atoms with E-state index in [9.17, 15) is 0 Å². The monoisotopic (exact) mass is 270 g/mol. The molecule has 2 aromatic heterocycles. The molecular weight excluding hydrogens is 252 g/mol. The Morgan fingerprint density at radius 3 is 2.80 bits per heavy atom. The Labute approximate surface area is 118 Å². The van der Waals surface area contributed by atoms with Crippen molar-refractivity contribution in [1.29, 1.82) is 0 Å². The van der Waals surface area contributed by atoms with Crippen molar-refractivity contribution in [2.75, 3.05) is 11.9 Å². The predicted octanol–water partition coefficient (Wildman–Crippen LogP) is 1.11. The second-order valence-electron chi connectivity index (χ2n) is 5.28. The number of nitrogens with zero attached hydrogens (tertiary/aromatic N) is 5. The Morgan fingerprint density at radius 1 is 1.25 bits per heavy atom. The molecule has 0 amide bonds. The normalized spacial score (nSPS) is 21.3. The fourth-order valence-corrected chi connectivity index (χ4v) is 2.43. The van der Waals surface area contributed by atoms with Gasteiger partial charge in [0.1, 0.15) is 12.1 Å². The summed E-state index contributed by atoms with van der Waals surface area (Å²) in [6.45, 7) is 0.675. The molecule has 2 aromatic rings. The van der Waals surface area contributed by atoms with E-state index >= 15 is 0 Å². The van der Waals surface area contributed by atoms with E-state index < -0.39 is 0 Å². The predicted molar refractivity (Wildman–Crippen MR) is 76.1 cm³/mol. The zero-order valence-corrected chi connectivity index (χ0v) is 11.5. The average Bonchev–Trinajstić information content (AvgIpc) is 2.45. The van der Waals surface area contributed by atoms with Crippen molar-refractivity contribution in [3.05, 3.63) is 42.4 Å². The van der Waals surface area contributed by atoms with Gasteiger partial charge in [0.15, 0.2) is 0 Å². The van der Waals surface area contributed by atoms with Gasteiger partial charge in [-0.1, -0.05) is 0 Å². The van der Waals surface area contributed by atoms with Gasteiger partial charge in [-0.2, -0.15) is 0 Å². The summed E-state index contributed by atoms with van der Waals surface area (Å²) in [6, 6.07) is 2.38. The van der Waals surface area contributed by atoms with Gasteiger partial charge in [-0.25, -0.2) is 9.97 Å². The average molecular weight is 270 g/mol. The summed E-state index contributed by atoms with van der Waals surface area (Å²) in [7, 11) is 1.99. The van der Waals surface area contributed by atoms with Gasteiger partial charge in [0.2, 0.25) is 0 Å². The molecule has 1 aliphatic carbocycles. The van der Waals surface area contributed by atoms with Gasteiger partial charge in [0, 0.05) is 43.2 Å². The smallest absolute Gasteiger partial charge is 0.132 e. The number of hydrogen-bond acceptors (Lipinski definition) is 6. The molecule has 0 bridgehead atoms. The first kappa shape index (κ1) is 12.9. The van der Waals surface area contributed by atoms with Crippen molar-refractivity contribution in [2.45, 2.75) is 31.3 Å². The molecule has 0 saturated heterocycles. The third-order valence-electron chi connectivity index (χ3n) is 3.67.